The van der Waals surface area contributed by atoms with Crippen molar-refractivity contribution in [3.8, 4) is 0 Å². The zero-order valence-electron chi connectivity index (χ0n) is 10.6. The molecule has 1 N–H and O–H groups in total. The Morgan fingerprint density at radius 1 is 1.30 bits per heavy atom. The van der Waals surface area contributed by atoms with Gasteiger partial charge in [-0.1, -0.05) is 17.7 Å². The molecule has 7 heteroatoms. The number of halogens is 4. The van der Waals surface area contributed by atoms with Gasteiger partial charge in [-0.15, -0.1) is 0 Å². The molecule has 0 unspecified atom stereocenters. The van der Waals surface area contributed by atoms with Crippen LogP contribution in [0.15, 0.2) is 18.2 Å². The van der Waals surface area contributed by atoms with E-state index in [1.54, 1.807) is 4.90 Å². The fourth-order valence-electron chi connectivity index (χ4n) is 2.07. The molecular weight excluding hydrogens is 293 g/mol. The summed E-state index contributed by atoms with van der Waals surface area (Å²) in [6.07, 6.45) is -2.45. The molecule has 1 aromatic rings. The number of amides is 2. The molecule has 3 nitrogen and oxygen atoms in total. The molecule has 0 aromatic heterocycles. The smallest absolute Gasteiger partial charge is 0.334 e. The molecule has 2 amide bonds. The fraction of sp³-hybridized carbons (Fsp3) is 0.462. The molecule has 0 aliphatic carbocycles. The summed E-state index contributed by atoms with van der Waals surface area (Å²) in [5, 5.41) is 2.66. The number of urea groups is 1. The molecule has 0 radical (unpaired) electrons. The quantitative estimate of drug-likeness (QED) is 0.888. The maximum Gasteiger partial charge on any atom is 0.416 e. The van der Waals surface area contributed by atoms with Gasteiger partial charge in [0, 0.05) is 24.7 Å². The SMILES string of the molecule is O=C(NCc1ccc(C(F)(F)F)cc1Cl)N1CCCC1. The molecule has 110 valence electrons. The predicted molar refractivity (Wildman–Crippen MR) is 69.5 cm³/mol. The Balaban J connectivity index is 1.98. The molecule has 1 aliphatic heterocycles. The van der Waals surface area contributed by atoms with E-state index in [1.807, 2.05) is 0 Å². The normalized spacial score (nSPS) is 15.5. The van der Waals surface area contributed by atoms with Crippen LogP contribution in [0.5, 0.6) is 0 Å². The summed E-state index contributed by atoms with van der Waals surface area (Å²) < 4.78 is 37.4. The number of rotatable bonds is 2. The van der Waals surface area contributed by atoms with Crippen molar-refractivity contribution >= 4 is 17.6 Å². The van der Waals surface area contributed by atoms with Crippen LogP contribution in [-0.2, 0) is 12.7 Å². The highest BCUT2D eigenvalue weighted by Gasteiger charge is 2.30. The number of carbonyl (C=O) groups excluding carboxylic acids is 1. The van der Waals surface area contributed by atoms with Gasteiger partial charge in [-0.2, -0.15) is 13.2 Å². The molecule has 0 bridgehead atoms. The summed E-state index contributed by atoms with van der Waals surface area (Å²) in [5.41, 5.74) is -0.329. The zero-order chi connectivity index (χ0) is 14.8. The van der Waals surface area contributed by atoms with E-state index in [1.165, 1.54) is 6.07 Å². The van der Waals surface area contributed by atoms with Crippen molar-refractivity contribution in [1.82, 2.24) is 10.2 Å². The summed E-state index contributed by atoms with van der Waals surface area (Å²) in [7, 11) is 0. The van der Waals surface area contributed by atoms with Crippen molar-refractivity contribution in [2.75, 3.05) is 13.1 Å². The van der Waals surface area contributed by atoms with E-state index >= 15 is 0 Å². The van der Waals surface area contributed by atoms with Crippen LogP contribution in [0.1, 0.15) is 24.0 Å². The van der Waals surface area contributed by atoms with Crippen molar-refractivity contribution in [3.63, 3.8) is 0 Å². The lowest BCUT2D eigenvalue weighted by Crippen LogP contribution is -2.37. The predicted octanol–water partition coefficient (Wildman–Crippen LogP) is 3.66. The van der Waals surface area contributed by atoms with E-state index in [9.17, 15) is 18.0 Å². The molecule has 0 spiro atoms. The summed E-state index contributed by atoms with van der Waals surface area (Å²) in [6, 6.07) is 2.91. The van der Waals surface area contributed by atoms with Crippen LogP contribution in [0.2, 0.25) is 5.02 Å². The van der Waals surface area contributed by atoms with Gasteiger partial charge in [-0.25, -0.2) is 4.79 Å². The molecule has 1 heterocycles. The molecule has 0 atom stereocenters. The van der Waals surface area contributed by atoms with Crippen molar-refractivity contribution in [3.05, 3.63) is 34.3 Å². The van der Waals surface area contributed by atoms with E-state index in [-0.39, 0.29) is 17.6 Å². The van der Waals surface area contributed by atoms with Crippen molar-refractivity contribution < 1.29 is 18.0 Å². The van der Waals surface area contributed by atoms with Gasteiger partial charge >= 0.3 is 12.2 Å². The first-order valence-electron chi connectivity index (χ1n) is 6.26. The summed E-state index contributed by atoms with van der Waals surface area (Å²) in [5.74, 6) is 0. The second-order valence-corrected chi connectivity index (χ2v) is 5.06. The monoisotopic (exact) mass is 306 g/mol. The molecule has 1 aliphatic rings. The fourth-order valence-corrected chi connectivity index (χ4v) is 2.32. The molecule has 0 saturated carbocycles. The first-order valence-corrected chi connectivity index (χ1v) is 6.64. The number of nitrogens with one attached hydrogen (secondary N) is 1. The third-order valence-corrected chi connectivity index (χ3v) is 3.56. The molecule has 20 heavy (non-hydrogen) atoms. The average Bonchev–Trinajstić information content (AvgIpc) is 2.89. The Kier molecular flexibility index (Phi) is 4.42. The Bertz CT molecular complexity index is 499. The summed E-state index contributed by atoms with van der Waals surface area (Å²) in [6.45, 7) is 1.55. The zero-order valence-corrected chi connectivity index (χ0v) is 11.4. The van der Waals surface area contributed by atoms with E-state index in [4.69, 9.17) is 11.6 Å². The molecule has 1 aromatic carbocycles. The maximum atomic E-state index is 12.5. The molecule has 2 rings (SSSR count). The molecular formula is C13H14ClF3N2O. The van der Waals surface area contributed by atoms with Gasteiger partial charge in [-0.3, -0.25) is 0 Å². The second-order valence-electron chi connectivity index (χ2n) is 4.66. The largest absolute Gasteiger partial charge is 0.416 e. The number of alkyl halides is 3. The summed E-state index contributed by atoms with van der Waals surface area (Å²) in [4.78, 5) is 13.4. The van der Waals surface area contributed by atoms with Crippen LogP contribution in [0.4, 0.5) is 18.0 Å². The van der Waals surface area contributed by atoms with E-state index < -0.39 is 11.7 Å². The van der Waals surface area contributed by atoms with Crippen LogP contribution in [0.3, 0.4) is 0 Å². The summed E-state index contributed by atoms with van der Waals surface area (Å²) >= 11 is 5.81. The number of carbonyl (C=O) groups is 1. The van der Waals surface area contributed by atoms with Gasteiger partial charge in [0.05, 0.1) is 5.56 Å². The number of hydrogen-bond donors (Lipinski definition) is 1. The van der Waals surface area contributed by atoms with Crippen LogP contribution in [0, 0.1) is 0 Å². The van der Waals surface area contributed by atoms with Gasteiger partial charge < -0.3 is 10.2 Å². The van der Waals surface area contributed by atoms with Crippen molar-refractivity contribution in [1.29, 1.82) is 0 Å². The lowest BCUT2D eigenvalue weighted by molar-refractivity contribution is -0.137. The van der Waals surface area contributed by atoms with E-state index in [2.05, 4.69) is 5.32 Å². The number of hydrogen-bond acceptors (Lipinski definition) is 1. The first kappa shape index (κ1) is 15.0. The lowest BCUT2D eigenvalue weighted by atomic mass is 10.1. The highest BCUT2D eigenvalue weighted by molar-refractivity contribution is 6.31. The van der Waals surface area contributed by atoms with Gasteiger partial charge in [0.1, 0.15) is 0 Å². The highest BCUT2D eigenvalue weighted by Crippen LogP contribution is 2.32. The minimum atomic E-state index is -4.42. The van der Waals surface area contributed by atoms with Crippen LogP contribution in [-0.4, -0.2) is 24.0 Å². The topological polar surface area (TPSA) is 32.3 Å². The molecule has 1 fully saturated rings. The average molecular weight is 307 g/mol. The standard InChI is InChI=1S/C13H14ClF3N2O/c14-11-7-10(13(15,16)17)4-3-9(11)8-18-12(20)19-5-1-2-6-19/h3-4,7H,1-2,5-6,8H2,(H,18,20). The second kappa shape index (κ2) is 5.91. The number of nitrogens with zero attached hydrogens (tertiary/aromatic N) is 1. The number of benzene rings is 1. The van der Waals surface area contributed by atoms with E-state index in [0.29, 0.717) is 18.7 Å². The Morgan fingerprint density at radius 3 is 2.50 bits per heavy atom. The van der Waals surface area contributed by atoms with Crippen LogP contribution >= 0.6 is 11.6 Å². The Morgan fingerprint density at radius 2 is 1.95 bits per heavy atom. The van der Waals surface area contributed by atoms with Gasteiger partial charge in [0.15, 0.2) is 0 Å². The number of likely N-dealkylation sites (tertiary alicyclic amines) is 1. The third kappa shape index (κ3) is 3.56. The van der Waals surface area contributed by atoms with Gasteiger partial charge in [0.2, 0.25) is 0 Å². The minimum Gasteiger partial charge on any atom is -0.334 e. The van der Waals surface area contributed by atoms with Gasteiger partial charge in [-0.05, 0) is 30.5 Å². The highest BCUT2D eigenvalue weighted by atomic mass is 35.5. The first-order chi connectivity index (χ1) is 9.38. The van der Waals surface area contributed by atoms with Crippen LogP contribution in [0.25, 0.3) is 0 Å². The third-order valence-electron chi connectivity index (χ3n) is 3.20. The lowest BCUT2D eigenvalue weighted by Gasteiger charge is -2.17. The minimum absolute atomic E-state index is 0.00143. The Labute approximate surface area is 119 Å². The van der Waals surface area contributed by atoms with Gasteiger partial charge in [0.25, 0.3) is 0 Å². The van der Waals surface area contributed by atoms with Crippen LogP contribution < -0.4 is 5.32 Å². The maximum absolute atomic E-state index is 12.5. The molecule has 1 saturated heterocycles. The van der Waals surface area contributed by atoms with E-state index in [0.717, 1.165) is 25.0 Å². The van der Waals surface area contributed by atoms with Crippen molar-refractivity contribution in [2.24, 2.45) is 0 Å². The Hall–Kier alpha value is -1.43. The van der Waals surface area contributed by atoms with Crippen molar-refractivity contribution in [2.45, 2.75) is 25.6 Å².